The highest BCUT2D eigenvalue weighted by atomic mass is 28.2. The molecule has 0 heterocycles. The summed E-state index contributed by atoms with van der Waals surface area (Å²) in [4.78, 5) is 10.4. The van der Waals surface area contributed by atoms with E-state index in [1.54, 1.807) is 13.0 Å². The Morgan fingerprint density at radius 2 is 2.20 bits per heavy atom. The predicted molar refractivity (Wildman–Crippen MR) is 46.5 cm³/mol. The smallest absolute Gasteiger partial charge is 0.244 e. The van der Waals surface area contributed by atoms with Gasteiger partial charge in [-0.05, 0) is 6.92 Å². The van der Waals surface area contributed by atoms with Gasteiger partial charge in [0, 0.05) is 15.1 Å². The summed E-state index contributed by atoms with van der Waals surface area (Å²) in [5, 5.41) is 0. The first-order chi connectivity index (χ1) is 4.68. The molecule has 0 aromatic rings. The van der Waals surface area contributed by atoms with Crippen molar-refractivity contribution in [2.75, 3.05) is 0 Å². The fraction of sp³-hybridized carbons (Fsp3) is 0.286. The lowest BCUT2D eigenvalue weighted by Crippen LogP contribution is -2.11. The summed E-state index contributed by atoms with van der Waals surface area (Å²) in [6, 6.07) is 0. The number of nitrogens with two attached hydrogens (primary N) is 1. The molecule has 0 saturated carbocycles. The maximum atomic E-state index is 10.4. The van der Waals surface area contributed by atoms with E-state index in [0.717, 1.165) is 0 Å². The molecule has 0 aromatic carbocycles. The van der Waals surface area contributed by atoms with E-state index in [1.165, 1.54) is 0 Å². The van der Waals surface area contributed by atoms with Crippen molar-refractivity contribution in [3.63, 3.8) is 0 Å². The molecule has 2 N–H and O–H groups in total. The van der Waals surface area contributed by atoms with Crippen molar-refractivity contribution >= 4 is 15.4 Å². The Kier molecular flexibility index (Phi) is 4.58. The summed E-state index contributed by atoms with van der Waals surface area (Å²) in [7, 11) is -0.0308. The summed E-state index contributed by atoms with van der Waals surface area (Å²) < 4.78 is 0. The van der Waals surface area contributed by atoms with Crippen molar-refractivity contribution < 1.29 is 4.79 Å². The molecule has 0 unspecified atom stereocenters. The second-order valence-electron chi connectivity index (χ2n) is 2.05. The lowest BCUT2D eigenvalue weighted by Gasteiger charge is -1.87. The highest BCUT2D eigenvalue weighted by molar-refractivity contribution is 6.40. The summed E-state index contributed by atoms with van der Waals surface area (Å²) in [5.41, 5.74) is 7.70. The lowest BCUT2D eigenvalue weighted by atomic mass is 10.3. The lowest BCUT2D eigenvalue weighted by molar-refractivity contribution is -0.114. The fourth-order valence-corrected chi connectivity index (χ4v) is 0.839. The molecule has 0 bridgehead atoms. The van der Waals surface area contributed by atoms with Crippen molar-refractivity contribution in [3.05, 3.63) is 23.4 Å². The molecule has 0 rings (SSSR count). The van der Waals surface area contributed by atoms with Crippen LogP contribution >= 0.6 is 0 Å². The zero-order valence-corrected chi connectivity index (χ0v) is 7.84. The Balaban J connectivity index is 3.92. The zero-order chi connectivity index (χ0) is 7.98. The molecule has 1 amide bonds. The molecule has 0 aliphatic heterocycles. The minimum absolute atomic E-state index is 0.0308. The third-order valence-corrected chi connectivity index (χ3v) is 1.85. The summed E-state index contributed by atoms with van der Waals surface area (Å²) >= 11 is 0. The van der Waals surface area contributed by atoms with Gasteiger partial charge in [0.2, 0.25) is 5.91 Å². The Morgan fingerprint density at radius 3 is 2.60 bits per heavy atom. The van der Waals surface area contributed by atoms with Crippen molar-refractivity contribution in [1.29, 1.82) is 0 Å². The normalized spacial score (nSPS) is 13.6. The van der Waals surface area contributed by atoms with Gasteiger partial charge >= 0.3 is 0 Å². The Bertz CT molecular complexity index is 172. The minimum Gasteiger partial charge on any atom is -0.366 e. The van der Waals surface area contributed by atoms with E-state index >= 15 is 0 Å². The molecule has 0 aliphatic rings. The van der Waals surface area contributed by atoms with Gasteiger partial charge in [-0.15, -0.1) is 5.70 Å². The number of hydrogen-bond donors (Lipinski definition) is 1. The van der Waals surface area contributed by atoms with Gasteiger partial charge in [-0.3, -0.25) is 4.79 Å². The van der Waals surface area contributed by atoms with Crippen LogP contribution in [0, 0.1) is 0 Å². The first-order valence-corrected chi connectivity index (χ1v) is 5.54. The topological polar surface area (TPSA) is 43.1 Å². The minimum atomic E-state index is -0.345. The van der Waals surface area contributed by atoms with Crippen LogP contribution in [0.3, 0.4) is 0 Å². The van der Waals surface area contributed by atoms with Crippen LogP contribution in [0.25, 0.3) is 0 Å². The summed E-state index contributed by atoms with van der Waals surface area (Å²) in [6.07, 6.45) is 3.64. The van der Waals surface area contributed by atoms with E-state index in [1.807, 2.05) is 6.08 Å². The van der Waals surface area contributed by atoms with Crippen LogP contribution in [0.2, 0.25) is 6.55 Å². The molecule has 3 heteroatoms. The van der Waals surface area contributed by atoms with Gasteiger partial charge in [-0.2, -0.15) is 0 Å². The van der Waals surface area contributed by atoms with Crippen molar-refractivity contribution in [3.8, 4) is 0 Å². The Hall–Kier alpha value is -0.833. The first kappa shape index (κ1) is 9.17. The molecular weight excluding hydrogens is 142 g/mol. The van der Waals surface area contributed by atoms with Crippen LogP contribution in [0.5, 0.6) is 0 Å². The number of hydrogen-bond acceptors (Lipinski definition) is 1. The van der Waals surface area contributed by atoms with E-state index in [2.05, 4.69) is 12.2 Å². The largest absolute Gasteiger partial charge is 0.366 e. The van der Waals surface area contributed by atoms with Gasteiger partial charge in [0.05, 0.1) is 0 Å². The van der Waals surface area contributed by atoms with E-state index in [-0.39, 0.29) is 15.4 Å². The highest BCUT2D eigenvalue weighted by Crippen LogP contribution is 1.89. The predicted octanol–water partition coefficient (Wildman–Crippen LogP) is 0.149. The number of primary amides is 1. The fourth-order valence-electron chi connectivity index (χ4n) is 0.431. The monoisotopic (exact) mass is 155 g/mol. The van der Waals surface area contributed by atoms with Crippen LogP contribution < -0.4 is 5.73 Å². The van der Waals surface area contributed by atoms with Crippen LogP contribution in [-0.2, 0) is 4.79 Å². The molecule has 2 nitrogen and oxygen atoms in total. The average molecular weight is 155 g/mol. The number of rotatable bonds is 3. The number of allylic oxidation sites excluding steroid dienone is 2. The van der Waals surface area contributed by atoms with Gasteiger partial charge < -0.3 is 5.73 Å². The molecule has 0 atom stereocenters. The highest BCUT2D eigenvalue weighted by Gasteiger charge is 1.91. The zero-order valence-electron chi connectivity index (χ0n) is 6.42. The first-order valence-electron chi connectivity index (χ1n) is 3.31. The molecule has 0 saturated heterocycles. The van der Waals surface area contributed by atoms with Crippen molar-refractivity contribution in [1.82, 2.24) is 0 Å². The number of carbonyl (C=O) groups is 1. The third kappa shape index (κ3) is 4.09. The molecule has 10 heavy (non-hydrogen) atoms. The maximum Gasteiger partial charge on any atom is 0.244 e. The molecule has 0 spiro atoms. The second kappa shape index (κ2) is 4.99. The molecule has 0 aromatic heterocycles. The van der Waals surface area contributed by atoms with Gasteiger partial charge in [-0.25, -0.2) is 0 Å². The van der Waals surface area contributed by atoms with Gasteiger partial charge in [0.25, 0.3) is 0 Å². The molecule has 0 aliphatic carbocycles. The SMILES string of the molecule is C[SiH2]/C=C/C=C(\C)C(N)=O. The van der Waals surface area contributed by atoms with Crippen LogP contribution in [-0.4, -0.2) is 15.4 Å². The van der Waals surface area contributed by atoms with Gasteiger partial charge in [0.1, 0.15) is 0 Å². The summed E-state index contributed by atoms with van der Waals surface area (Å²) in [5.74, 6) is -0.345. The third-order valence-electron chi connectivity index (χ3n) is 1.11. The van der Waals surface area contributed by atoms with Gasteiger partial charge in [-0.1, -0.05) is 18.7 Å². The average Bonchev–Trinajstić information content (AvgIpc) is 1.88. The number of carbonyl (C=O) groups excluding carboxylic acids is 1. The molecular formula is C7H13NOSi. The van der Waals surface area contributed by atoms with Crippen molar-refractivity contribution in [2.24, 2.45) is 5.73 Å². The number of amides is 1. The quantitative estimate of drug-likeness (QED) is 0.352. The van der Waals surface area contributed by atoms with E-state index in [9.17, 15) is 4.79 Å². The van der Waals surface area contributed by atoms with E-state index < -0.39 is 0 Å². The Labute approximate surface area is 63.6 Å². The maximum absolute atomic E-state index is 10.4. The standard InChI is InChI=1S/C7H13NOSi/c1-6(7(8)9)4-3-5-10-2/h3-5H,10H2,1-2H3,(H2,8,9)/b5-3+,6-4+. The van der Waals surface area contributed by atoms with E-state index in [0.29, 0.717) is 5.57 Å². The Morgan fingerprint density at radius 1 is 1.60 bits per heavy atom. The van der Waals surface area contributed by atoms with Crippen molar-refractivity contribution in [2.45, 2.75) is 13.5 Å². The molecule has 0 radical (unpaired) electrons. The van der Waals surface area contributed by atoms with Crippen LogP contribution in [0.1, 0.15) is 6.92 Å². The van der Waals surface area contributed by atoms with Gasteiger partial charge in [0.15, 0.2) is 0 Å². The second-order valence-corrected chi connectivity index (χ2v) is 3.34. The molecule has 56 valence electrons. The molecule has 0 fully saturated rings. The van der Waals surface area contributed by atoms with Crippen LogP contribution in [0.15, 0.2) is 23.4 Å². The van der Waals surface area contributed by atoms with E-state index in [4.69, 9.17) is 5.73 Å². The van der Waals surface area contributed by atoms with Crippen LogP contribution in [0.4, 0.5) is 0 Å². The summed E-state index contributed by atoms with van der Waals surface area (Å²) in [6.45, 7) is 3.88.